The van der Waals surface area contributed by atoms with Crippen molar-refractivity contribution in [3.8, 4) is 44.5 Å². The van der Waals surface area contributed by atoms with Gasteiger partial charge in [0.25, 0.3) is 0 Å². The quantitative estimate of drug-likeness (QED) is 0.0352. The molecule has 0 N–H and O–H groups in total. The van der Waals surface area contributed by atoms with Crippen LogP contribution in [0.25, 0.3) is 44.5 Å². The monoisotopic (exact) mass is 1660 g/mol. The van der Waals surface area contributed by atoms with Crippen molar-refractivity contribution < 1.29 is 0 Å². The maximum absolute atomic E-state index is 2.61. The maximum atomic E-state index is 2.61. The van der Waals surface area contributed by atoms with E-state index in [0.29, 0.717) is 5.92 Å². The largest absolute Gasteiger partial charge is 0.311 e. The molecule has 2 aliphatic carbocycles. The van der Waals surface area contributed by atoms with Gasteiger partial charge in [-0.25, -0.2) is 0 Å². The fourth-order valence-electron chi connectivity index (χ4n) is 20.4. The molecule has 0 fully saturated rings. The molecular weight excluding hydrogens is 1510 g/mol. The summed E-state index contributed by atoms with van der Waals surface area (Å²) in [7, 11) is 0. The van der Waals surface area contributed by atoms with Crippen molar-refractivity contribution in [3.63, 3.8) is 0 Å². The Labute approximate surface area is 758 Å². The van der Waals surface area contributed by atoms with Gasteiger partial charge in [-0.05, 0) is 296 Å². The number of hydrogen-bond acceptors (Lipinski definition) is 3. The van der Waals surface area contributed by atoms with Crippen LogP contribution in [0.1, 0.15) is 334 Å². The first-order valence-corrected chi connectivity index (χ1v) is 49.9. The summed E-state index contributed by atoms with van der Waals surface area (Å²) in [5.74, 6) is 0.561. The molecule has 2 aliphatic rings. The molecule has 0 spiro atoms. The average Bonchev–Trinajstić information content (AvgIpc) is 1.57. The second kappa shape index (κ2) is 46.5. The van der Waals surface area contributed by atoms with Crippen LogP contribution in [0.3, 0.4) is 0 Å². The minimum atomic E-state index is 0.0571. The average molecular weight is 1660 g/mol. The number of aryl methyl sites for hydroxylation is 6. The normalized spacial score (nSPS) is 12.9. The topological polar surface area (TPSA) is 9.72 Å². The van der Waals surface area contributed by atoms with Gasteiger partial charge in [0.1, 0.15) is 0 Å². The smallest absolute Gasteiger partial charge is 0.0463 e. The molecule has 0 saturated carbocycles. The highest BCUT2D eigenvalue weighted by Gasteiger charge is 2.44. The number of rotatable bonds is 47. The lowest BCUT2D eigenvalue weighted by molar-refractivity contribution is 0.398. The number of anilines is 9. The Morgan fingerprint density at radius 2 is 0.440 bits per heavy atom. The van der Waals surface area contributed by atoms with E-state index in [4.69, 9.17) is 0 Å². The molecule has 0 bridgehead atoms. The summed E-state index contributed by atoms with van der Waals surface area (Å²) in [6, 6.07) is 103. The number of unbranched alkanes of at least 4 members (excludes halogenated alkanes) is 22. The zero-order chi connectivity index (χ0) is 87.3. The van der Waals surface area contributed by atoms with E-state index in [9.17, 15) is 0 Å². The summed E-state index contributed by atoms with van der Waals surface area (Å²) >= 11 is 0. The van der Waals surface area contributed by atoms with Gasteiger partial charge in [0.15, 0.2) is 0 Å². The van der Waals surface area contributed by atoms with Gasteiger partial charge < -0.3 is 14.7 Å². The molecule has 3 heteroatoms. The molecule has 14 rings (SSSR count). The van der Waals surface area contributed by atoms with Crippen LogP contribution in [0.2, 0.25) is 0 Å². The Morgan fingerprint density at radius 3 is 0.728 bits per heavy atom. The van der Waals surface area contributed by atoms with Gasteiger partial charge in [-0.2, -0.15) is 0 Å². The zero-order valence-corrected chi connectivity index (χ0v) is 79.1. The van der Waals surface area contributed by atoms with Crippen LogP contribution < -0.4 is 14.7 Å². The van der Waals surface area contributed by atoms with E-state index in [1.807, 2.05) is 0 Å². The summed E-state index contributed by atoms with van der Waals surface area (Å²) in [6.07, 6.45) is 45.2. The minimum absolute atomic E-state index is 0.0571. The van der Waals surface area contributed by atoms with E-state index in [2.05, 4.69) is 365 Å². The van der Waals surface area contributed by atoms with Gasteiger partial charge >= 0.3 is 0 Å². The van der Waals surface area contributed by atoms with Gasteiger partial charge in [-0.3, -0.25) is 0 Å². The molecular formula is C122H151N3. The highest BCUT2D eigenvalue weighted by molar-refractivity contribution is 5.88. The van der Waals surface area contributed by atoms with Crippen LogP contribution in [0.4, 0.5) is 51.2 Å². The van der Waals surface area contributed by atoms with E-state index < -0.39 is 0 Å². The first-order valence-electron chi connectivity index (χ1n) is 49.9. The molecule has 0 heterocycles. The van der Waals surface area contributed by atoms with Gasteiger partial charge in [0.05, 0.1) is 0 Å². The maximum Gasteiger partial charge on any atom is 0.0463 e. The third-order valence-electron chi connectivity index (χ3n) is 28.1. The predicted molar refractivity (Wildman–Crippen MR) is 547 cm³/mol. The summed E-state index contributed by atoms with van der Waals surface area (Å²) < 4.78 is 0. The Morgan fingerprint density at radius 1 is 0.216 bits per heavy atom. The summed E-state index contributed by atoms with van der Waals surface area (Å²) in [5, 5.41) is 0. The van der Waals surface area contributed by atoms with Crippen molar-refractivity contribution in [2.45, 2.75) is 325 Å². The highest BCUT2D eigenvalue weighted by Crippen LogP contribution is 2.58. The number of nitrogens with zero attached hydrogens (tertiary/aromatic N) is 3. The highest BCUT2D eigenvalue weighted by atomic mass is 15.2. The second-order valence-corrected chi connectivity index (χ2v) is 37.6. The van der Waals surface area contributed by atoms with Crippen molar-refractivity contribution in [2.75, 3.05) is 14.7 Å². The second-order valence-electron chi connectivity index (χ2n) is 37.6. The van der Waals surface area contributed by atoms with Crippen LogP contribution >= 0.6 is 0 Å². The zero-order valence-electron chi connectivity index (χ0n) is 79.1. The molecule has 0 amide bonds. The Hall–Kier alpha value is -9.96. The van der Waals surface area contributed by atoms with Crippen LogP contribution in [0.15, 0.2) is 267 Å². The van der Waals surface area contributed by atoms with Gasteiger partial charge in [0.2, 0.25) is 0 Å². The first-order chi connectivity index (χ1) is 61.2. The van der Waals surface area contributed by atoms with Crippen LogP contribution in [0.5, 0.6) is 0 Å². The number of fused-ring (bicyclic) bond motifs is 6. The summed E-state index contributed by atoms with van der Waals surface area (Å²) in [4.78, 5) is 7.22. The molecule has 0 radical (unpaired) electrons. The molecule has 0 saturated heterocycles. The van der Waals surface area contributed by atoms with Crippen LogP contribution in [-0.4, -0.2) is 0 Å². The molecule has 3 nitrogen and oxygen atoms in total. The first kappa shape index (κ1) is 92.7. The van der Waals surface area contributed by atoms with Crippen LogP contribution in [-0.2, 0) is 23.7 Å². The minimum Gasteiger partial charge on any atom is -0.311 e. The molecule has 0 aliphatic heterocycles. The van der Waals surface area contributed by atoms with Crippen molar-refractivity contribution in [1.82, 2.24) is 0 Å². The van der Waals surface area contributed by atoms with E-state index in [-0.39, 0.29) is 10.8 Å². The van der Waals surface area contributed by atoms with Crippen LogP contribution in [0, 0.1) is 27.7 Å². The van der Waals surface area contributed by atoms with Crippen molar-refractivity contribution in [3.05, 3.63) is 328 Å². The standard InChI is InChI=1S/C69H84N2.C53H67N/c1-7-11-15-17-19-21-49-69(50-22-20-18-16-12-8-2)67-51-54(6)27-47-65(67)66-48-34-58(52-68(66)69)57-32-41-62(42-33-57)71(61-39-30-56(31-40-61)24-14-10-4)64-45-43-63(44-46-64)70(59-35-25-53(5)26-36-59)60-37-28-55(29-38-60)23-13-9-3;1-7-10-12-14-16-18-36-53(37-19-17-15-13-11-8-2)51-38-41(5)22-34-49(51)50-35-27-45(39-52(50)53)44-25-32-48(33-26-44)54(46-28-20-40(4)21-29-46)47-30-23-43(24-31-47)42(6)9-3/h25-48,51-52H,7-24,49-50H2,1-6H3;20-35,38-39,42H,7-19,36-37H2,1-6H3. The van der Waals surface area contributed by atoms with E-state index in [1.54, 1.807) is 22.3 Å². The lowest BCUT2D eigenvalue weighted by atomic mass is 9.70. The molecule has 1 unspecified atom stereocenters. The van der Waals surface area contributed by atoms with E-state index in [0.717, 1.165) is 42.0 Å². The van der Waals surface area contributed by atoms with Crippen molar-refractivity contribution >= 4 is 51.2 Å². The lowest BCUT2D eigenvalue weighted by Gasteiger charge is -2.33. The number of hydrogen-bond donors (Lipinski definition) is 0. The van der Waals surface area contributed by atoms with Crippen molar-refractivity contribution in [1.29, 1.82) is 0 Å². The fraction of sp³-hybridized carbons (Fsp3) is 0.410. The predicted octanol–water partition coefficient (Wildman–Crippen LogP) is 38.1. The summed E-state index contributed by atoms with van der Waals surface area (Å²) in [5.41, 5.74) is 37.6. The van der Waals surface area contributed by atoms with Crippen molar-refractivity contribution in [2.24, 2.45) is 0 Å². The molecule has 125 heavy (non-hydrogen) atoms. The van der Waals surface area contributed by atoms with Gasteiger partial charge in [0, 0.05) is 62.0 Å². The van der Waals surface area contributed by atoms with E-state index >= 15 is 0 Å². The Balaban J connectivity index is 0.000000223. The molecule has 1 atom stereocenters. The Bertz CT molecular complexity index is 5210. The lowest BCUT2D eigenvalue weighted by Crippen LogP contribution is -2.25. The molecule has 12 aromatic rings. The number of benzene rings is 12. The molecule has 12 aromatic carbocycles. The van der Waals surface area contributed by atoms with E-state index in [1.165, 1.54) is 317 Å². The third kappa shape index (κ3) is 23.3. The molecule has 654 valence electrons. The van der Waals surface area contributed by atoms with Gasteiger partial charge in [-0.15, -0.1) is 0 Å². The third-order valence-corrected chi connectivity index (χ3v) is 28.1. The SMILES string of the molecule is CCCCCCCCC1(CCCCCCCC)c2cc(C)ccc2-c2ccc(-c3ccc(N(c4ccc(C)cc4)c4ccc(C(C)CC)cc4)cc3)cc21.CCCCCCCCC1(CCCCCCCC)c2cc(C)ccc2-c2ccc(-c3ccc(N(c4ccc(CCCC)cc4)c4ccc(N(c5ccc(C)cc5)c5ccc(CCCC)cc5)cc4)cc3)cc21. The Kier molecular flexibility index (Phi) is 34.5. The summed E-state index contributed by atoms with van der Waals surface area (Å²) in [6.45, 7) is 27.3. The van der Waals surface area contributed by atoms with Gasteiger partial charge in [-0.1, -0.05) is 390 Å². The fourth-order valence-corrected chi connectivity index (χ4v) is 20.4. The molecule has 0 aromatic heterocycles.